The fourth-order valence-electron chi connectivity index (χ4n) is 2.76. The summed E-state index contributed by atoms with van der Waals surface area (Å²) >= 11 is 12.9. The highest BCUT2D eigenvalue weighted by Gasteiger charge is 2.25. The average molecular weight is 427 g/mol. The van der Waals surface area contributed by atoms with Gasteiger partial charge in [-0.05, 0) is 41.8 Å². The van der Waals surface area contributed by atoms with Crippen molar-refractivity contribution in [2.24, 2.45) is 0 Å². The van der Waals surface area contributed by atoms with Crippen LogP contribution in [0, 0.1) is 0 Å². The van der Waals surface area contributed by atoms with Crippen molar-refractivity contribution >= 4 is 23.2 Å². The molecular formula is C22H28Cl2O4. The molecule has 0 aliphatic carbocycles. The molecule has 28 heavy (non-hydrogen) atoms. The first kappa shape index (κ1) is 22.8. The topological polar surface area (TPSA) is 58.9 Å². The Morgan fingerprint density at radius 1 is 1.00 bits per heavy atom. The van der Waals surface area contributed by atoms with Crippen LogP contribution in [0.25, 0.3) is 0 Å². The summed E-state index contributed by atoms with van der Waals surface area (Å²) in [4.78, 5) is 0. The number of halogens is 2. The van der Waals surface area contributed by atoms with Gasteiger partial charge in [-0.25, -0.2) is 0 Å². The predicted octanol–water partition coefficient (Wildman–Crippen LogP) is 5.23. The summed E-state index contributed by atoms with van der Waals surface area (Å²) in [5, 5.41) is 19.2. The average Bonchev–Trinajstić information content (AvgIpc) is 2.68. The van der Waals surface area contributed by atoms with Crippen LogP contribution in [0.15, 0.2) is 36.4 Å². The number of hydrogen-bond acceptors (Lipinski definition) is 4. The SMILES string of the molecule is CCCCOc1c(Cl)cc(C(C)(C)c2ccc(OC[C@@H](O)CO)cc2)cc1Cl. The Balaban J connectivity index is 2.19. The van der Waals surface area contributed by atoms with E-state index in [0.29, 0.717) is 28.2 Å². The van der Waals surface area contributed by atoms with Gasteiger partial charge in [-0.1, -0.05) is 62.5 Å². The van der Waals surface area contributed by atoms with Gasteiger partial charge in [-0.3, -0.25) is 0 Å². The number of benzene rings is 2. The van der Waals surface area contributed by atoms with Crippen molar-refractivity contribution in [3.05, 3.63) is 57.6 Å². The second-order valence-electron chi connectivity index (χ2n) is 7.27. The molecule has 2 N–H and O–H groups in total. The molecule has 0 aliphatic heterocycles. The van der Waals surface area contributed by atoms with E-state index in [-0.39, 0.29) is 18.6 Å². The molecule has 0 unspecified atom stereocenters. The molecule has 0 aliphatic rings. The largest absolute Gasteiger partial charge is 0.491 e. The number of aliphatic hydroxyl groups excluding tert-OH is 2. The Hall–Kier alpha value is -1.46. The second kappa shape index (κ2) is 10.4. The standard InChI is InChI=1S/C22H28Cl2O4/c1-4-5-10-27-21-19(23)11-16(12-20(21)24)22(2,3)15-6-8-18(9-7-15)28-14-17(26)13-25/h6-9,11-12,17,25-26H,4-5,10,13-14H2,1-3H3/t17-/m0/s1. The van der Waals surface area contributed by atoms with Crippen molar-refractivity contribution in [2.45, 2.75) is 45.1 Å². The lowest BCUT2D eigenvalue weighted by molar-refractivity contribution is 0.0536. The van der Waals surface area contributed by atoms with Crippen LogP contribution in [0.5, 0.6) is 11.5 Å². The second-order valence-corrected chi connectivity index (χ2v) is 8.08. The van der Waals surface area contributed by atoms with Crippen molar-refractivity contribution < 1.29 is 19.7 Å². The van der Waals surface area contributed by atoms with Gasteiger partial charge in [0.05, 0.1) is 23.3 Å². The first-order valence-electron chi connectivity index (χ1n) is 9.44. The quantitative estimate of drug-likeness (QED) is 0.510. The molecule has 0 saturated carbocycles. The minimum Gasteiger partial charge on any atom is -0.491 e. The van der Waals surface area contributed by atoms with Gasteiger partial charge >= 0.3 is 0 Å². The lowest BCUT2D eigenvalue weighted by Gasteiger charge is -2.27. The zero-order valence-corrected chi connectivity index (χ0v) is 18.1. The lowest BCUT2D eigenvalue weighted by atomic mass is 9.78. The maximum atomic E-state index is 9.38. The van der Waals surface area contributed by atoms with E-state index < -0.39 is 6.10 Å². The fraction of sp³-hybridized carbons (Fsp3) is 0.455. The van der Waals surface area contributed by atoms with E-state index in [1.54, 1.807) is 0 Å². The minimum atomic E-state index is -0.890. The summed E-state index contributed by atoms with van der Waals surface area (Å²) in [5.74, 6) is 1.16. The number of unbranched alkanes of at least 4 members (excludes halogenated alkanes) is 1. The third kappa shape index (κ3) is 5.77. The summed E-state index contributed by atoms with van der Waals surface area (Å²) in [6, 6.07) is 11.4. The van der Waals surface area contributed by atoms with Crippen LogP contribution in [-0.2, 0) is 5.41 Å². The maximum absolute atomic E-state index is 9.38. The van der Waals surface area contributed by atoms with E-state index in [9.17, 15) is 5.11 Å². The van der Waals surface area contributed by atoms with Gasteiger partial charge in [-0.15, -0.1) is 0 Å². The Bertz CT molecular complexity index is 737. The first-order chi connectivity index (χ1) is 13.3. The molecule has 0 bridgehead atoms. The van der Waals surface area contributed by atoms with E-state index in [0.717, 1.165) is 24.0 Å². The van der Waals surface area contributed by atoms with Crippen molar-refractivity contribution in [1.82, 2.24) is 0 Å². The van der Waals surface area contributed by atoms with Crippen LogP contribution in [0.1, 0.15) is 44.7 Å². The smallest absolute Gasteiger partial charge is 0.156 e. The van der Waals surface area contributed by atoms with Crippen LogP contribution < -0.4 is 9.47 Å². The normalized spacial score (nSPS) is 12.7. The Labute approximate surface area is 177 Å². The highest BCUT2D eigenvalue weighted by molar-refractivity contribution is 6.37. The molecule has 0 spiro atoms. The van der Waals surface area contributed by atoms with Crippen molar-refractivity contribution in [1.29, 1.82) is 0 Å². The summed E-state index contributed by atoms with van der Waals surface area (Å²) < 4.78 is 11.2. The third-order valence-electron chi connectivity index (χ3n) is 4.69. The molecule has 4 nitrogen and oxygen atoms in total. The highest BCUT2D eigenvalue weighted by Crippen LogP contribution is 2.40. The zero-order chi connectivity index (χ0) is 20.7. The zero-order valence-electron chi connectivity index (χ0n) is 16.5. The van der Waals surface area contributed by atoms with Crippen LogP contribution >= 0.6 is 23.2 Å². The molecule has 0 amide bonds. The van der Waals surface area contributed by atoms with E-state index in [1.807, 2.05) is 36.4 Å². The Kier molecular flexibility index (Phi) is 8.44. The van der Waals surface area contributed by atoms with Crippen LogP contribution in [0.3, 0.4) is 0 Å². The van der Waals surface area contributed by atoms with Gasteiger partial charge in [0.1, 0.15) is 18.5 Å². The van der Waals surface area contributed by atoms with Gasteiger partial charge in [0.15, 0.2) is 5.75 Å². The number of rotatable bonds is 10. The molecule has 0 aromatic heterocycles. The number of aliphatic hydroxyl groups is 2. The summed E-state index contributed by atoms with van der Waals surface area (Å²) in [5.41, 5.74) is 1.71. The summed E-state index contributed by atoms with van der Waals surface area (Å²) in [6.07, 6.45) is 1.10. The molecule has 2 aromatic rings. The van der Waals surface area contributed by atoms with E-state index in [1.165, 1.54) is 0 Å². The van der Waals surface area contributed by atoms with Crippen LogP contribution in [-0.4, -0.2) is 36.1 Å². The predicted molar refractivity (Wildman–Crippen MR) is 114 cm³/mol. The van der Waals surface area contributed by atoms with Gasteiger partial charge in [-0.2, -0.15) is 0 Å². The summed E-state index contributed by atoms with van der Waals surface area (Å²) in [7, 11) is 0. The highest BCUT2D eigenvalue weighted by atomic mass is 35.5. The van der Waals surface area contributed by atoms with Gasteiger partial charge in [0.25, 0.3) is 0 Å². The molecule has 0 radical (unpaired) electrons. The molecule has 1 atom stereocenters. The van der Waals surface area contributed by atoms with E-state index in [2.05, 4.69) is 20.8 Å². The van der Waals surface area contributed by atoms with E-state index >= 15 is 0 Å². The molecule has 0 heterocycles. The Morgan fingerprint density at radius 2 is 1.61 bits per heavy atom. The van der Waals surface area contributed by atoms with E-state index in [4.69, 9.17) is 37.8 Å². The number of ether oxygens (including phenoxy) is 2. The molecule has 2 rings (SSSR count). The van der Waals surface area contributed by atoms with Crippen molar-refractivity contribution in [2.75, 3.05) is 19.8 Å². The molecular weight excluding hydrogens is 399 g/mol. The molecule has 6 heteroatoms. The molecule has 2 aromatic carbocycles. The van der Waals surface area contributed by atoms with Crippen LogP contribution in [0.2, 0.25) is 10.0 Å². The summed E-state index contributed by atoms with van der Waals surface area (Å²) in [6.45, 7) is 6.60. The molecule has 0 saturated heterocycles. The fourth-order valence-corrected chi connectivity index (χ4v) is 3.35. The molecule has 154 valence electrons. The van der Waals surface area contributed by atoms with Crippen molar-refractivity contribution in [3.63, 3.8) is 0 Å². The Morgan fingerprint density at radius 3 is 2.14 bits per heavy atom. The lowest BCUT2D eigenvalue weighted by Crippen LogP contribution is -2.21. The third-order valence-corrected chi connectivity index (χ3v) is 5.25. The van der Waals surface area contributed by atoms with Crippen molar-refractivity contribution in [3.8, 4) is 11.5 Å². The minimum absolute atomic E-state index is 0.0456. The first-order valence-corrected chi connectivity index (χ1v) is 10.2. The maximum Gasteiger partial charge on any atom is 0.156 e. The van der Waals surface area contributed by atoms with Gasteiger partial charge < -0.3 is 19.7 Å². The number of hydrogen-bond donors (Lipinski definition) is 2. The van der Waals surface area contributed by atoms with Gasteiger partial charge in [0, 0.05) is 5.41 Å². The van der Waals surface area contributed by atoms with Gasteiger partial charge in [0.2, 0.25) is 0 Å². The monoisotopic (exact) mass is 426 g/mol. The van der Waals surface area contributed by atoms with Crippen LogP contribution in [0.4, 0.5) is 0 Å². The molecule has 0 fully saturated rings.